The van der Waals surface area contributed by atoms with E-state index in [-0.39, 0.29) is 32.8 Å². The molecule has 9 nitrogen and oxygen atoms in total. The topological polar surface area (TPSA) is 118 Å². The molecule has 0 aliphatic carbocycles. The Morgan fingerprint density at radius 1 is 1.11 bits per heavy atom. The summed E-state index contributed by atoms with van der Waals surface area (Å²) in [7, 11) is 2.93. The predicted octanol–water partition coefficient (Wildman–Crippen LogP) is 4.15. The lowest BCUT2D eigenvalue weighted by Gasteiger charge is -2.29. The van der Waals surface area contributed by atoms with Gasteiger partial charge in [-0.3, -0.25) is 14.9 Å². The zero-order valence-corrected chi connectivity index (χ0v) is 19.9. The van der Waals surface area contributed by atoms with E-state index in [1.807, 2.05) is 0 Å². The number of amides is 2. The van der Waals surface area contributed by atoms with Crippen LogP contribution in [0.3, 0.4) is 0 Å². The molecule has 4 rings (SSSR count). The number of aromatic carboxylic acids is 1. The van der Waals surface area contributed by atoms with Gasteiger partial charge in [0.05, 0.1) is 30.5 Å². The number of hydrogen-bond donors (Lipinski definition) is 2. The van der Waals surface area contributed by atoms with Crippen molar-refractivity contribution < 1.29 is 33.4 Å². The number of methoxy groups -OCH3 is 2. The van der Waals surface area contributed by atoms with E-state index < -0.39 is 17.8 Å². The van der Waals surface area contributed by atoms with Gasteiger partial charge in [-0.2, -0.15) is 0 Å². The normalized spacial score (nSPS) is 14.8. The number of ether oxygens (including phenoxy) is 2. The van der Waals surface area contributed by atoms with E-state index in [0.29, 0.717) is 22.7 Å². The minimum Gasteiger partial charge on any atom is -0.497 e. The number of carboxylic acid groups (broad SMARTS) is 1. The van der Waals surface area contributed by atoms with Crippen LogP contribution in [-0.4, -0.2) is 42.2 Å². The summed E-state index contributed by atoms with van der Waals surface area (Å²) in [4.78, 5) is 38.4. The fourth-order valence-corrected chi connectivity index (χ4v) is 3.90. The van der Waals surface area contributed by atoms with Gasteiger partial charge in [0.15, 0.2) is 5.11 Å². The van der Waals surface area contributed by atoms with Gasteiger partial charge < -0.3 is 19.0 Å². The lowest BCUT2D eigenvalue weighted by atomic mass is 10.1. The van der Waals surface area contributed by atoms with Crippen LogP contribution in [0.2, 0.25) is 5.02 Å². The van der Waals surface area contributed by atoms with Gasteiger partial charge in [-0.05, 0) is 60.8 Å². The quantitative estimate of drug-likeness (QED) is 0.287. The first-order valence-corrected chi connectivity index (χ1v) is 10.8. The number of nitrogens with one attached hydrogen (secondary N) is 1. The Hall–Kier alpha value is -4.15. The lowest BCUT2D eigenvalue weighted by Crippen LogP contribution is -2.54. The number of carboxylic acids is 1. The predicted molar refractivity (Wildman–Crippen MR) is 132 cm³/mol. The van der Waals surface area contributed by atoms with Gasteiger partial charge in [-0.25, -0.2) is 9.69 Å². The maximum atomic E-state index is 13.3. The Morgan fingerprint density at radius 2 is 1.89 bits per heavy atom. The SMILES string of the molecule is COc1ccc(N2C(=O)C(=Cc3ccc(-c4cc(C(=O)O)ccc4Cl)o3)C(=O)NC2=S)c(OC)c1. The molecule has 0 unspecified atom stereocenters. The average molecular weight is 513 g/mol. The molecule has 2 amide bonds. The highest BCUT2D eigenvalue weighted by Crippen LogP contribution is 2.35. The Labute approximate surface area is 209 Å². The summed E-state index contributed by atoms with van der Waals surface area (Å²) in [5.41, 5.74) is 0.455. The molecule has 1 fully saturated rings. The molecule has 3 aromatic rings. The summed E-state index contributed by atoms with van der Waals surface area (Å²) in [6, 6.07) is 12.1. The molecule has 1 aliphatic rings. The molecule has 2 aromatic carbocycles. The van der Waals surface area contributed by atoms with Crippen LogP contribution < -0.4 is 19.7 Å². The van der Waals surface area contributed by atoms with Gasteiger partial charge in [-0.15, -0.1) is 0 Å². The highest BCUT2D eigenvalue weighted by molar-refractivity contribution is 7.80. The molecule has 1 aromatic heterocycles. The molecule has 1 aliphatic heterocycles. The van der Waals surface area contributed by atoms with Crippen molar-refractivity contribution in [1.82, 2.24) is 5.32 Å². The van der Waals surface area contributed by atoms with Crippen LogP contribution in [0.25, 0.3) is 17.4 Å². The van der Waals surface area contributed by atoms with E-state index in [9.17, 15) is 19.5 Å². The van der Waals surface area contributed by atoms with E-state index in [1.165, 1.54) is 44.6 Å². The third-order valence-electron chi connectivity index (χ3n) is 5.12. The third kappa shape index (κ3) is 4.61. The van der Waals surface area contributed by atoms with Gasteiger partial charge in [0, 0.05) is 11.6 Å². The highest BCUT2D eigenvalue weighted by Gasteiger charge is 2.36. The number of benzene rings is 2. The second-order valence-electron chi connectivity index (χ2n) is 7.20. The Balaban J connectivity index is 1.71. The Kier molecular flexibility index (Phi) is 6.59. The van der Waals surface area contributed by atoms with Crippen LogP contribution >= 0.6 is 23.8 Å². The van der Waals surface area contributed by atoms with Crippen molar-refractivity contribution in [3.63, 3.8) is 0 Å². The maximum Gasteiger partial charge on any atom is 0.335 e. The maximum absolute atomic E-state index is 13.3. The van der Waals surface area contributed by atoms with E-state index in [2.05, 4.69) is 5.32 Å². The van der Waals surface area contributed by atoms with Gasteiger partial charge in [0.25, 0.3) is 11.8 Å². The summed E-state index contributed by atoms with van der Waals surface area (Å²) in [5, 5.41) is 11.9. The number of thiocarbonyl (C=S) groups is 1. The molecular weight excluding hydrogens is 496 g/mol. The minimum atomic E-state index is -1.12. The van der Waals surface area contributed by atoms with Crippen LogP contribution in [0.5, 0.6) is 11.5 Å². The molecule has 11 heteroatoms. The molecule has 178 valence electrons. The first kappa shape index (κ1) is 24.0. The van der Waals surface area contributed by atoms with Crippen molar-refractivity contribution in [2.45, 2.75) is 0 Å². The van der Waals surface area contributed by atoms with Crippen molar-refractivity contribution in [2.24, 2.45) is 0 Å². The van der Waals surface area contributed by atoms with Crippen LogP contribution in [0.4, 0.5) is 5.69 Å². The van der Waals surface area contributed by atoms with Gasteiger partial charge in [0.1, 0.15) is 28.6 Å². The van der Waals surface area contributed by atoms with Gasteiger partial charge in [0.2, 0.25) is 0 Å². The van der Waals surface area contributed by atoms with Crippen molar-refractivity contribution in [1.29, 1.82) is 0 Å². The first-order chi connectivity index (χ1) is 16.7. The molecule has 35 heavy (non-hydrogen) atoms. The van der Waals surface area contributed by atoms with E-state index >= 15 is 0 Å². The fourth-order valence-electron chi connectivity index (χ4n) is 3.41. The zero-order valence-electron chi connectivity index (χ0n) is 18.3. The van der Waals surface area contributed by atoms with Crippen molar-refractivity contribution >= 4 is 58.5 Å². The molecule has 0 atom stereocenters. The van der Waals surface area contributed by atoms with Crippen LogP contribution in [0.1, 0.15) is 16.1 Å². The van der Waals surface area contributed by atoms with Gasteiger partial charge in [-0.1, -0.05) is 11.6 Å². The summed E-state index contributed by atoms with van der Waals surface area (Å²) in [6.07, 6.45) is 1.26. The fraction of sp³-hybridized carbons (Fsp3) is 0.0833. The molecule has 0 bridgehead atoms. The molecule has 0 saturated carbocycles. The number of hydrogen-bond acceptors (Lipinski definition) is 7. The second kappa shape index (κ2) is 9.61. The number of anilines is 1. The molecule has 0 spiro atoms. The number of rotatable bonds is 6. The van der Waals surface area contributed by atoms with Crippen LogP contribution in [0.15, 0.2) is 58.5 Å². The van der Waals surface area contributed by atoms with Crippen LogP contribution in [0, 0.1) is 0 Å². The van der Waals surface area contributed by atoms with Crippen molar-refractivity contribution in [3.05, 3.63) is 70.5 Å². The summed E-state index contributed by atoms with van der Waals surface area (Å²) >= 11 is 11.4. The molecular formula is C24H17ClN2O7S. The second-order valence-corrected chi connectivity index (χ2v) is 7.99. The number of furan rings is 1. The Bertz CT molecular complexity index is 1410. The monoisotopic (exact) mass is 512 g/mol. The van der Waals surface area contributed by atoms with Crippen molar-refractivity contribution in [2.75, 3.05) is 19.1 Å². The smallest absolute Gasteiger partial charge is 0.335 e. The molecule has 2 heterocycles. The zero-order chi connectivity index (χ0) is 25.3. The standard InChI is InChI=1S/C24H17ClN2O7S/c1-32-13-4-7-18(20(11-13)33-2)27-22(29)16(21(28)26-24(27)35)10-14-5-8-19(34-14)15-9-12(23(30)31)3-6-17(15)25/h3-11H,1-2H3,(H,30,31)(H,26,28,35). The first-order valence-electron chi connectivity index (χ1n) is 10.00. The lowest BCUT2D eigenvalue weighted by molar-refractivity contribution is -0.122. The summed E-state index contributed by atoms with van der Waals surface area (Å²) < 4.78 is 16.3. The molecule has 1 saturated heterocycles. The summed E-state index contributed by atoms with van der Waals surface area (Å²) in [6.45, 7) is 0. The number of carbonyl (C=O) groups excluding carboxylic acids is 2. The molecule has 2 N–H and O–H groups in total. The molecule has 0 radical (unpaired) electrons. The highest BCUT2D eigenvalue weighted by atomic mass is 35.5. The number of carbonyl (C=O) groups is 3. The van der Waals surface area contributed by atoms with Gasteiger partial charge >= 0.3 is 5.97 Å². The number of nitrogens with zero attached hydrogens (tertiary/aromatic N) is 1. The average Bonchev–Trinajstić information content (AvgIpc) is 3.30. The van der Waals surface area contributed by atoms with E-state index in [1.54, 1.807) is 24.3 Å². The third-order valence-corrected chi connectivity index (χ3v) is 5.74. The van der Waals surface area contributed by atoms with Crippen LogP contribution in [-0.2, 0) is 9.59 Å². The minimum absolute atomic E-state index is 0.0279. The van der Waals surface area contributed by atoms with Crippen molar-refractivity contribution in [3.8, 4) is 22.8 Å². The Morgan fingerprint density at radius 3 is 2.57 bits per heavy atom. The van der Waals surface area contributed by atoms with E-state index in [4.69, 9.17) is 37.7 Å². The van der Waals surface area contributed by atoms with E-state index in [0.717, 1.165) is 4.90 Å². The summed E-state index contributed by atoms with van der Waals surface area (Å²) in [5.74, 6) is -1.26. The number of halogens is 1. The largest absolute Gasteiger partial charge is 0.497 e.